The first-order valence-corrected chi connectivity index (χ1v) is 15.6. The molecule has 0 fully saturated rings. The number of hydrogen-bond acceptors (Lipinski definition) is 5. The number of aromatic nitrogens is 2. The number of carbonyl (C=O) groups is 1. The summed E-state index contributed by atoms with van der Waals surface area (Å²) in [5.74, 6) is -0.920. The zero-order chi connectivity index (χ0) is 34.5. The van der Waals surface area contributed by atoms with Gasteiger partial charge in [0.25, 0.3) is 5.91 Å². The largest absolute Gasteiger partial charge is 0.497 e. The van der Waals surface area contributed by atoms with Crippen molar-refractivity contribution in [2.45, 2.75) is 20.1 Å². The summed E-state index contributed by atoms with van der Waals surface area (Å²) in [6.45, 7) is 2.66. The third-order valence-corrected chi connectivity index (χ3v) is 8.18. The topological polar surface area (TPSA) is 73.9 Å². The molecule has 49 heavy (non-hydrogen) atoms. The summed E-state index contributed by atoms with van der Waals surface area (Å²) >= 11 is 0. The Hall–Kier alpha value is -6.03. The summed E-state index contributed by atoms with van der Waals surface area (Å²) < 4.78 is 49.5. The summed E-state index contributed by atoms with van der Waals surface area (Å²) in [5, 5.41) is 0.241. The lowest BCUT2D eigenvalue weighted by molar-refractivity contribution is -0.688. The average molecular weight is 663 g/mol. The lowest BCUT2D eigenvalue weighted by atomic mass is 10.1. The van der Waals surface area contributed by atoms with Crippen molar-refractivity contribution in [3.63, 3.8) is 0 Å². The van der Waals surface area contributed by atoms with Crippen molar-refractivity contribution in [2.24, 2.45) is 0 Å². The van der Waals surface area contributed by atoms with E-state index in [0.29, 0.717) is 35.0 Å². The molecule has 0 saturated carbocycles. The molecule has 0 spiro atoms. The SMILES string of the molecule is CCN(C(=O)c1cn(-c2cc(OC)cc(OCc3ccccc3C[n+]3ccccc3)c2)c2cc(OC)ccc2c1=O)c1cc(F)cc(F)c1. The lowest BCUT2D eigenvalue weighted by Crippen LogP contribution is -2.35. The predicted octanol–water partition coefficient (Wildman–Crippen LogP) is 6.87. The van der Waals surface area contributed by atoms with Crippen LogP contribution in [0.15, 0.2) is 120 Å². The Balaban J connectivity index is 1.42. The van der Waals surface area contributed by atoms with E-state index in [-0.39, 0.29) is 29.8 Å². The van der Waals surface area contributed by atoms with Gasteiger partial charge in [0.15, 0.2) is 18.9 Å². The van der Waals surface area contributed by atoms with E-state index >= 15 is 0 Å². The van der Waals surface area contributed by atoms with Crippen LogP contribution >= 0.6 is 0 Å². The van der Waals surface area contributed by atoms with Crippen molar-refractivity contribution in [3.8, 4) is 22.9 Å². The van der Waals surface area contributed by atoms with E-state index in [9.17, 15) is 18.4 Å². The second-order valence-corrected chi connectivity index (χ2v) is 11.3. The second kappa shape index (κ2) is 14.4. The third-order valence-electron chi connectivity index (χ3n) is 8.18. The van der Waals surface area contributed by atoms with Crippen LogP contribution in [-0.4, -0.2) is 31.2 Å². The second-order valence-electron chi connectivity index (χ2n) is 11.3. The standard InChI is InChI=1S/C39H34F2N3O5/c1-4-43(30-17-28(40)16-29(41)18-30)39(46)36-24-44(37-22-32(47-2)12-13-35(37)38(36)45)31-19-33(48-3)21-34(20-31)49-25-27-11-7-6-10-26(27)23-42-14-8-5-9-15-42/h5-22,24H,4,23,25H2,1-3H3/q+1. The van der Waals surface area contributed by atoms with Crippen LogP contribution in [0.4, 0.5) is 14.5 Å². The molecule has 0 atom stereocenters. The highest BCUT2D eigenvalue weighted by Gasteiger charge is 2.24. The van der Waals surface area contributed by atoms with E-state index in [2.05, 4.69) is 10.6 Å². The minimum absolute atomic E-state index is 0.00575. The van der Waals surface area contributed by atoms with Gasteiger partial charge in [-0.3, -0.25) is 9.59 Å². The van der Waals surface area contributed by atoms with Crippen molar-refractivity contribution in [1.82, 2.24) is 4.57 Å². The molecular weight excluding hydrogens is 628 g/mol. The van der Waals surface area contributed by atoms with Gasteiger partial charge in [0.05, 0.1) is 25.4 Å². The first-order chi connectivity index (χ1) is 23.8. The van der Waals surface area contributed by atoms with Crippen molar-refractivity contribution >= 4 is 22.5 Å². The minimum atomic E-state index is -0.838. The van der Waals surface area contributed by atoms with Gasteiger partial charge in [0.2, 0.25) is 5.43 Å². The Morgan fingerprint density at radius 1 is 0.796 bits per heavy atom. The van der Waals surface area contributed by atoms with Gasteiger partial charge in [0, 0.05) is 71.8 Å². The van der Waals surface area contributed by atoms with Crippen molar-refractivity contribution < 1.29 is 32.4 Å². The van der Waals surface area contributed by atoms with Crippen molar-refractivity contribution in [3.05, 3.63) is 154 Å². The maximum absolute atomic E-state index is 14.2. The van der Waals surface area contributed by atoms with Crippen LogP contribution in [0.5, 0.6) is 17.2 Å². The summed E-state index contributed by atoms with van der Waals surface area (Å²) in [4.78, 5) is 29.0. The van der Waals surface area contributed by atoms with E-state index in [1.54, 1.807) is 47.9 Å². The molecule has 0 aliphatic carbocycles. The van der Waals surface area contributed by atoms with Crippen LogP contribution in [0.25, 0.3) is 16.6 Å². The molecule has 0 radical (unpaired) electrons. The quantitative estimate of drug-likeness (QED) is 0.142. The Kier molecular flexibility index (Phi) is 9.66. The van der Waals surface area contributed by atoms with E-state index in [0.717, 1.165) is 34.2 Å². The molecule has 0 aliphatic heterocycles. The number of rotatable bonds is 11. The van der Waals surface area contributed by atoms with Crippen molar-refractivity contribution in [2.75, 3.05) is 25.7 Å². The third kappa shape index (κ3) is 7.13. The van der Waals surface area contributed by atoms with Gasteiger partial charge in [-0.25, -0.2) is 13.3 Å². The zero-order valence-corrected chi connectivity index (χ0v) is 27.2. The normalized spacial score (nSPS) is 11.0. The number of ether oxygens (including phenoxy) is 3. The molecule has 0 unspecified atom stereocenters. The molecule has 248 valence electrons. The number of methoxy groups -OCH3 is 2. The molecule has 1 amide bonds. The van der Waals surface area contributed by atoms with Crippen LogP contribution in [0.2, 0.25) is 0 Å². The predicted molar refractivity (Wildman–Crippen MR) is 183 cm³/mol. The molecule has 6 rings (SSSR count). The first-order valence-electron chi connectivity index (χ1n) is 15.6. The highest BCUT2D eigenvalue weighted by Crippen LogP contribution is 2.30. The molecule has 10 heteroatoms. The molecular formula is C39H34F2N3O5+. The summed E-state index contributed by atoms with van der Waals surface area (Å²) in [6, 6.07) is 27.0. The Labute approximate surface area is 282 Å². The molecule has 0 aliphatic rings. The van der Waals surface area contributed by atoms with Crippen LogP contribution < -0.4 is 29.1 Å². The molecule has 2 heterocycles. The number of carbonyl (C=O) groups excluding carboxylic acids is 1. The van der Waals surface area contributed by atoms with Gasteiger partial charge >= 0.3 is 0 Å². The fraction of sp³-hybridized carbons (Fsp3) is 0.154. The van der Waals surface area contributed by atoms with Crippen LogP contribution in [0.1, 0.15) is 28.4 Å². The highest BCUT2D eigenvalue weighted by atomic mass is 19.1. The van der Waals surface area contributed by atoms with Gasteiger partial charge < -0.3 is 23.7 Å². The number of anilines is 1. The summed E-state index contributed by atoms with van der Waals surface area (Å²) in [7, 11) is 3.05. The van der Waals surface area contributed by atoms with E-state index in [1.807, 2.05) is 48.8 Å². The molecule has 0 saturated heterocycles. The smallest absolute Gasteiger partial charge is 0.263 e. The number of amides is 1. The fourth-order valence-corrected chi connectivity index (χ4v) is 5.73. The van der Waals surface area contributed by atoms with Gasteiger partial charge in [-0.15, -0.1) is 0 Å². The van der Waals surface area contributed by atoms with Gasteiger partial charge in [-0.05, 0) is 36.8 Å². The number of benzene rings is 4. The average Bonchev–Trinajstić information content (AvgIpc) is 3.11. The first kappa shape index (κ1) is 32.9. The highest BCUT2D eigenvalue weighted by molar-refractivity contribution is 6.07. The van der Waals surface area contributed by atoms with Gasteiger partial charge in [0.1, 0.15) is 41.1 Å². The Morgan fingerprint density at radius 3 is 2.18 bits per heavy atom. The number of nitrogens with zero attached hydrogens (tertiary/aromatic N) is 3. The lowest BCUT2D eigenvalue weighted by Gasteiger charge is -2.22. The minimum Gasteiger partial charge on any atom is -0.497 e. The number of pyridine rings is 2. The van der Waals surface area contributed by atoms with Gasteiger partial charge in [-0.1, -0.05) is 30.3 Å². The maximum atomic E-state index is 14.2. The van der Waals surface area contributed by atoms with E-state index in [1.165, 1.54) is 20.4 Å². The molecule has 8 nitrogen and oxygen atoms in total. The molecule has 2 aromatic heterocycles. The number of fused-ring (bicyclic) bond motifs is 1. The van der Waals surface area contributed by atoms with Crippen molar-refractivity contribution in [1.29, 1.82) is 0 Å². The summed E-state index contributed by atoms with van der Waals surface area (Å²) in [6.07, 6.45) is 5.44. The van der Waals surface area contributed by atoms with Crippen LogP contribution in [-0.2, 0) is 13.2 Å². The molecule has 6 aromatic rings. The molecule has 0 N–H and O–H groups in total. The van der Waals surface area contributed by atoms with Gasteiger partial charge in [-0.2, -0.15) is 0 Å². The van der Waals surface area contributed by atoms with Crippen LogP contribution in [0.3, 0.4) is 0 Å². The summed E-state index contributed by atoms with van der Waals surface area (Å²) in [5.41, 5.74) is 2.36. The van der Waals surface area contributed by atoms with Crippen LogP contribution in [0, 0.1) is 11.6 Å². The Morgan fingerprint density at radius 2 is 1.49 bits per heavy atom. The maximum Gasteiger partial charge on any atom is 0.263 e. The number of halogens is 2. The molecule has 4 aromatic carbocycles. The van der Waals surface area contributed by atoms with E-state index < -0.39 is 23.0 Å². The fourth-order valence-electron chi connectivity index (χ4n) is 5.73. The zero-order valence-electron chi connectivity index (χ0n) is 27.2. The molecule has 0 bridgehead atoms. The number of hydrogen-bond donors (Lipinski definition) is 0. The van der Waals surface area contributed by atoms with E-state index in [4.69, 9.17) is 14.2 Å². The Bertz CT molecular complexity index is 2180. The monoisotopic (exact) mass is 662 g/mol.